The molecule has 0 amide bonds. The minimum absolute atomic E-state index is 0.210. The van der Waals surface area contributed by atoms with Gasteiger partial charge < -0.3 is 9.84 Å². The van der Waals surface area contributed by atoms with E-state index in [1.54, 1.807) is 0 Å². The summed E-state index contributed by atoms with van der Waals surface area (Å²) in [6.45, 7) is 2.83. The summed E-state index contributed by atoms with van der Waals surface area (Å²) in [7, 11) is 0. The van der Waals surface area contributed by atoms with E-state index in [4.69, 9.17) is 11.2 Å². The Hall–Kier alpha value is -0.520. The van der Waals surface area contributed by atoms with Crippen LogP contribution in [0.4, 0.5) is 0 Å². The first-order chi connectivity index (χ1) is 6.76. The molecule has 14 heavy (non-hydrogen) atoms. The fraction of sp³-hybridized carbons (Fsp3) is 0.833. The molecule has 0 saturated heterocycles. The Kier molecular flexibility index (Phi) is 5.00. The van der Waals surface area contributed by atoms with Crippen molar-refractivity contribution in [3.05, 3.63) is 0 Å². The Bertz CT molecular complexity index is 189. The first kappa shape index (κ1) is 11.6. The van der Waals surface area contributed by atoms with Crippen molar-refractivity contribution in [2.45, 2.75) is 51.2 Å². The second kappa shape index (κ2) is 6.06. The molecule has 0 aromatic heterocycles. The maximum absolute atomic E-state index is 9.60. The highest BCUT2D eigenvalue weighted by Gasteiger charge is 2.30. The van der Waals surface area contributed by atoms with Gasteiger partial charge in [0.15, 0.2) is 0 Å². The van der Waals surface area contributed by atoms with E-state index in [0.717, 1.165) is 32.3 Å². The molecule has 2 nitrogen and oxygen atoms in total. The standard InChI is InChI=1S/C12H20O2/c1-3-5-6-11(13)7-10-8-12(9-10)14-4-2/h1,10-13H,4-9H2,2H3. The fourth-order valence-electron chi connectivity index (χ4n) is 1.99. The van der Waals surface area contributed by atoms with Crippen LogP contribution >= 0.6 is 0 Å². The van der Waals surface area contributed by atoms with Gasteiger partial charge in [0.25, 0.3) is 0 Å². The summed E-state index contributed by atoms with van der Waals surface area (Å²) in [4.78, 5) is 0. The van der Waals surface area contributed by atoms with Gasteiger partial charge in [-0.05, 0) is 38.5 Å². The molecule has 0 radical (unpaired) electrons. The highest BCUT2D eigenvalue weighted by molar-refractivity contribution is 4.86. The van der Waals surface area contributed by atoms with Crippen LogP contribution < -0.4 is 0 Å². The molecule has 0 spiro atoms. The van der Waals surface area contributed by atoms with E-state index in [1.165, 1.54) is 0 Å². The zero-order valence-electron chi connectivity index (χ0n) is 8.91. The molecule has 80 valence electrons. The molecule has 0 bridgehead atoms. The average Bonchev–Trinajstić information content (AvgIpc) is 2.11. The molecule has 2 heteroatoms. The highest BCUT2D eigenvalue weighted by atomic mass is 16.5. The van der Waals surface area contributed by atoms with E-state index >= 15 is 0 Å². The molecular weight excluding hydrogens is 176 g/mol. The van der Waals surface area contributed by atoms with Crippen molar-refractivity contribution < 1.29 is 9.84 Å². The summed E-state index contributed by atoms with van der Waals surface area (Å²) in [6.07, 6.45) is 9.92. The zero-order valence-corrected chi connectivity index (χ0v) is 8.91. The highest BCUT2D eigenvalue weighted by Crippen LogP contribution is 2.34. The van der Waals surface area contributed by atoms with Crippen LogP contribution in [0.15, 0.2) is 0 Å². The number of aliphatic hydroxyl groups excluding tert-OH is 1. The van der Waals surface area contributed by atoms with Gasteiger partial charge in [-0.25, -0.2) is 0 Å². The molecule has 0 heterocycles. The molecule has 0 aromatic rings. The molecule has 1 fully saturated rings. The lowest BCUT2D eigenvalue weighted by Crippen LogP contribution is -2.33. The van der Waals surface area contributed by atoms with Crippen molar-refractivity contribution in [3.63, 3.8) is 0 Å². The third kappa shape index (κ3) is 3.69. The SMILES string of the molecule is C#CCCC(O)CC1CC(OCC)C1. The van der Waals surface area contributed by atoms with Gasteiger partial charge >= 0.3 is 0 Å². The largest absolute Gasteiger partial charge is 0.393 e. The smallest absolute Gasteiger partial charge is 0.0580 e. The van der Waals surface area contributed by atoms with E-state index in [9.17, 15) is 5.11 Å². The minimum atomic E-state index is -0.210. The van der Waals surface area contributed by atoms with Crippen LogP contribution in [0.25, 0.3) is 0 Å². The third-order valence-corrected chi connectivity index (χ3v) is 2.82. The second-order valence-corrected chi connectivity index (χ2v) is 4.05. The number of aliphatic hydroxyl groups is 1. The second-order valence-electron chi connectivity index (χ2n) is 4.05. The van der Waals surface area contributed by atoms with Crippen molar-refractivity contribution in [3.8, 4) is 12.3 Å². The quantitative estimate of drug-likeness (QED) is 0.658. The van der Waals surface area contributed by atoms with Gasteiger partial charge in [-0.3, -0.25) is 0 Å². The summed E-state index contributed by atoms with van der Waals surface area (Å²) < 4.78 is 5.46. The molecule has 0 aliphatic heterocycles. The number of rotatable bonds is 6. The fourth-order valence-corrected chi connectivity index (χ4v) is 1.99. The molecule has 1 saturated carbocycles. The number of hydrogen-bond acceptors (Lipinski definition) is 2. The first-order valence-corrected chi connectivity index (χ1v) is 5.49. The maximum Gasteiger partial charge on any atom is 0.0580 e. The van der Waals surface area contributed by atoms with Gasteiger partial charge in [-0.2, -0.15) is 0 Å². The van der Waals surface area contributed by atoms with Crippen molar-refractivity contribution >= 4 is 0 Å². The van der Waals surface area contributed by atoms with Crippen LogP contribution in [-0.2, 0) is 4.74 Å². The van der Waals surface area contributed by atoms with E-state index in [0.29, 0.717) is 18.4 Å². The number of hydrogen-bond donors (Lipinski definition) is 1. The Morgan fingerprint density at radius 1 is 1.57 bits per heavy atom. The molecule has 0 aromatic carbocycles. The van der Waals surface area contributed by atoms with Crippen LogP contribution in [0.2, 0.25) is 0 Å². The number of ether oxygens (including phenoxy) is 1. The summed E-state index contributed by atoms with van der Waals surface area (Å²) >= 11 is 0. The van der Waals surface area contributed by atoms with Crippen LogP contribution in [0.1, 0.15) is 39.0 Å². The molecule has 1 rings (SSSR count). The Morgan fingerprint density at radius 2 is 2.29 bits per heavy atom. The topological polar surface area (TPSA) is 29.5 Å². The lowest BCUT2D eigenvalue weighted by Gasteiger charge is -2.36. The van der Waals surface area contributed by atoms with Gasteiger partial charge in [-0.1, -0.05) is 0 Å². The summed E-state index contributed by atoms with van der Waals surface area (Å²) in [6, 6.07) is 0. The Morgan fingerprint density at radius 3 is 2.86 bits per heavy atom. The van der Waals surface area contributed by atoms with Gasteiger partial charge in [0.05, 0.1) is 12.2 Å². The lowest BCUT2D eigenvalue weighted by molar-refractivity contribution is -0.0381. The van der Waals surface area contributed by atoms with Crippen LogP contribution in [0.3, 0.4) is 0 Å². The van der Waals surface area contributed by atoms with Gasteiger partial charge in [0.2, 0.25) is 0 Å². The predicted molar refractivity (Wildman–Crippen MR) is 56.8 cm³/mol. The maximum atomic E-state index is 9.60. The third-order valence-electron chi connectivity index (χ3n) is 2.82. The minimum Gasteiger partial charge on any atom is -0.393 e. The van der Waals surface area contributed by atoms with Gasteiger partial charge in [0, 0.05) is 13.0 Å². The molecule has 1 atom stereocenters. The predicted octanol–water partition coefficient (Wildman–Crippen LogP) is 1.97. The molecule has 1 unspecified atom stereocenters. The van der Waals surface area contributed by atoms with Crippen molar-refractivity contribution in [2.75, 3.05) is 6.61 Å². The van der Waals surface area contributed by atoms with Crippen molar-refractivity contribution in [1.29, 1.82) is 0 Å². The average molecular weight is 196 g/mol. The molecule has 1 N–H and O–H groups in total. The first-order valence-electron chi connectivity index (χ1n) is 5.49. The van der Waals surface area contributed by atoms with Crippen LogP contribution in [-0.4, -0.2) is 23.9 Å². The summed E-state index contributed by atoms with van der Waals surface area (Å²) in [5.74, 6) is 3.20. The van der Waals surface area contributed by atoms with Crippen molar-refractivity contribution in [2.24, 2.45) is 5.92 Å². The zero-order chi connectivity index (χ0) is 10.4. The Labute approximate surface area is 86.7 Å². The normalized spacial score (nSPS) is 27.8. The van der Waals surface area contributed by atoms with Gasteiger partial charge in [-0.15, -0.1) is 12.3 Å². The molecule has 1 aliphatic rings. The lowest BCUT2D eigenvalue weighted by atomic mass is 9.78. The monoisotopic (exact) mass is 196 g/mol. The van der Waals surface area contributed by atoms with Crippen LogP contribution in [0.5, 0.6) is 0 Å². The van der Waals surface area contributed by atoms with Crippen molar-refractivity contribution in [1.82, 2.24) is 0 Å². The van der Waals surface area contributed by atoms with Gasteiger partial charge in [0.1, 0.15) is 0 Å². The Balaban J connectivity index is 2.02. The van der Waals surface area contributed by atoms with E-state index in [1.807, 2.05) is 6.92 Å². The van der Waals surface area contributed by atoms with E-state index in [-0.39, 0.29) is 6.10 Å². The summed E-state index contributed by atoms with van der Waals surface area (Å²) in [5, 5.41) is 9.60. The number of terminal acetylenes is 1. The summed E-state index contributed by atoms with van der Waals surface area (Å²) in [5.41, 5.74) is 0. The molecule has 1 aliphatic carbocycles. The van der Waals surface area contributed by atoms with Crippen LogP contribution in [0, 0.1) is 18.3 Å². The van der Waals surface area contributed by atoms with E-state index < -0.39 is 0 Å². The molecular formula is C12H20O2. The van der Waals surface area contributed by atoms with E-state index in [2.05, 4.69) is 5.92 Å².